The molecule has 0 radical (unpaired) electrons. The highest BCUT2D eigenvalue weighted by Crippen LogP contribution is 2.31. The SMILES string of the molecule is Cc1nc2ncnn2c(C)c1CCC(=O)NCC(N)C1CC1.Cl. The van der Waals surface area contributed by atoms with Crippen molar-refractivity contribution in [3.63, 3.8) is 0 Å². The summed E-state index contributed by atoms with van der Waals surface area (Å²) in [6.07, 6.45) is 4.95. The van der Waals surface area contributed by atoms with E-state index in [4.69, 9.17) is 5.73 Å². The first-order chi connectivity index (χ1) is 10.6. The lowest BCUT2D eigenvalue weighted by molar-refractivity contribution is -0.121. The van der Waals surface area contributed by atoms with E-state index in [2.05, 4.69) is 20.4 Å². The van der Waals surface area contributed by atoms with E-state index in [-0.39, 0.29) is 24.4 Å². The summed E-state index contributed by atoms with van der Waals surface area (Å²) < 4.78 is 1.71. The van der Waals surface area contributed by atoms with E-state index >= 15 is 0 Å². The van der Waals surface area contributed by atoms with Crippen molar-refractivity contribution in [2.24, 2.45) is 11.7 Å². The number of nitrogens with one attached hydrogen (secondary N) is 1. The largest absolute Gasteiger partial charge is 0.355 e. The molecule has 23 heavy (non-hydrogen) atoms. The molecule has 0 bridgehead atoms. The van der Waals surface area contributed by atoms with Gasteiger partial charge < -0.3 is 11.1 Å². The molecule has 2 aromatic heterocycles. The number of rotatable bonds is 6. The predicted octanol–water partition coefficient (Wildman–Crippen LogP) is 0.949. The van der Waals surface area contributed by atoms with E-state index in [1.807, 2.05) is 13.8 Å². The van der Waals surface area contributed by atoms with Crippen molar-refractivity contribution >= 4 is 24.1 Å². The molecule has 0 aromatic carbocycles. The van der Waals surface area contributed by atoms with Crippen LogP contribution in [0.2, 0.25) is 0 Å². The minimum absolute atomic E-state index is 0. The second-order valence-corrected chi connectivity index (χ2v) is 6.04. The van der Waals surface area contributed by atoms with Crippen molar-refractivity contribution < 1.29 is 4.79 Å². The lowest BCUT2D eigenvalue weighted by atomic mass is 10.1. The summed E-state index contributed by atoms with van der Waals surface area (Å²) in [5, 5.41) is 7.08. The molecule has 1 saturated carbocycles. The standard InChI is InChI=1S/C15H22N6O.ClH/c1-9-12(10(2)21-15(20-9)18-8-19-21)5-6-14(22)17-7-13(16)11-3-4-11;/h8,11,13H,3-7,16H2,1-2H3,(H,17,22);1H. The molecule has 2 heterocycles. The van der Waals surface area contributed by atoms with Gasteiger partial charge in [0.2, 0.25) is 5.91 Å². The molecule has 8 heteroatoms. The summed E-state index contributed by atoms with van der Waals surface area (Å²) in [6.45, 7) is 4.49. The van der Waals surface area contributed by atoms with Crippen LogP contribution in [-0.4, -0.2) is 38.1 Å². The number of aromatic nitrogens is 4. The van der Waals surface area contributed by atoms with Crippen LogP contribution in [0.25, 0.3) is 5.78 Å². The number of nitrogens with zero attached hydrogens (tertiary/aromatic N) is 4. The summed E-state index contributed by atoms with van der Waals surface area (Å²) in [5.41, 5.74) is 8.94. The molecule has 0 aliphatic heterocycles. The summed E-state index contributed by atoms with van der Waals surface area (Å²) in [7, 11) is 0. The van der Waals surface area contributed by atoms with Crippen LogP contribution in [0.15, 0.2) is 6.33 Å². The number of carbonyl (C=O) groups excluding carboxylic acids is 1. The fourth-order valence-corrected chi connectivity index (χ4v) is 2.77. The minimum Gasteiger partial charge on any atom is -0.355 e. The Kier molecular flexibility index (Phi) is 5.54. The molecule has 0 saturated heterocycles. The monoisotopic (exact) mass is 338 g/mol. The molecule has 3 N–H and O–H groups in total. The molecule has 126 valence electrons. The predicted molar refractivity (Wildman–Crippen MR) is 89.5 cm³/mol. The molecule has 3 rings (SSSR count). The van der Waals surface area contributed by atoms with Crippen molar-refractivity contribution in [3.05, 3.63) is 23.3 Å². The van der Waals surface area contributed by atoms with Gasteiger partial charge in [0.15, 0.2) is 0 Å². The summed E-state index contributed by atoms with van der Waals surface area (Å²) in [6, 6.07) is 0.0978. The van der Waals surface area contributed by atoms with Crippen LogP contribution in [0.3, 0.4) is 0 Å². The van der Waals surface area contributed by atoms with Crippen LogP contribution in [0.5, 0.6) is 0 Å². The molecule has 0 spiro atoms. The first kappa shape index (κ1) is 17.6. The Balaban J connectivity index is 0.00000192. The van der Waals surface area contributed by atoms with Crippen LogP contribution < -0.4 is 11.1 Å². The smallest absolute Gasteiger partial charge is 0.252 e. The van der Waals surface area contributed by atoms with Crippen LogP contribution in [0.1, 0.15) is 36.2 Å². The van der Waals surface area contributed by atoms with Crippen LogP contribution in [0.4, 0.5) is 0 Å². The zero-order chi connectivity index (χ0) is 15.7. The number of hydrogen-bond acceptors (Lipinski definition) is 5. The highest BCUT2D eigenvalue weighted by molar-refractivity contribution is 5.85. The third-order valence-electron chi connectivity index (χ3n) is 4.35. The van der Waals surface area contributed by atoms with Gasteiger partial charge in [0.25, 0.3) is 5.78 Å². The Morgan fingerprint density at radius 2 is 2.22 bits per heavy atom. The number of hydrogen-bond donors (Lipinski definition) is 2. The minimum atomic E-state index is 0. The van der Waals surface area contributed by atoms with Gasteiger partial charge in [-0.15, -0.1) is 12.4 Å². The van der Waals surface area contributed by atoms with Crippen LogP contribution in [-0.2, 0) is 11.2 Å². The molecule has 2 aromatic rings. The van der Waals surface area contributed by atoms with Gasteiger partial charge >= 0.3 is 0 Å². The van der Waals surface area contributed by atoms with Crippen molar-refractivity contribution in [2.45, 2.75) is 45.6 Å². The summed E-state index contributed by atoms with van der Waals surface area (Å²) in [4.78, 5) is 20.5. The number of carbonyl (C=O) groups is 1. The molecule has 1 fully saturated rings. The van der Waals surface area contributed by atoms with Crippen LogP contribution in [0, 0.1) is 19.8 Å². The molecular formula is C15H23ClN6O. The molecule has 1 amide bonds. The Hall–Kier alpha value is -1.73. The maximum Gasteiger partial charge on any atom is 0.252 e. The van der Waals surface area contributed by atoms with E-state index in [1.54, 1.807) is 4.52 Å². The number of halogens is 1. The highest BCUT2D eigenvalue weighted by atomic mass is 35.5. The third-order valence-corrected chi connectivity index (χ3v) is 4.35. The first-order valence-corrected chi connectivity index (χ1v) is 7.74. The zero-order valence-electron chi connectivity index (χ0n) is 13.5. The van der Waals surface area contributed by atoms with Crippen molar-refractivity contribution in [3.8, 4) is 0 Å². The van der Waals surface area contributed by atoms with Crippen molar-refractivity contribution in [1.29, 1.82) is 0 Å². The number of fused-ring (bicyclic) bond motifs is 1. The molecule has 1 atom stereocenters. The third kappa shape index (κ3) is 3.97. The number of amides is 1. The molecule has 7 nitrogen and oxygen atoms in total. The zero-order valence-corrected chi connectivity index (χ0v) is 14.3. The van der Waals surface area contributed by atoms with Gasteiger partial charge in [-0.3, -0.25) is 4.79 Å². The second kappa shape index (κ2) is 7.23. The normalized spacial score (nSPS) is 15.3. The second-order valence-electron chi connectivity index (χ2n) is 6.04. The molecule has 1 aliphatic carbocycles. The lowest BCUT2D eigenvalue weighted by Crippen LogP contribution is -2.38. The number of aryl methyl sites for hydroxylation is 2. The van der Waals surface area contributed by atoms with Gasteiger partial charge in [-0.05, 0) is 44.6 Å². The fraction of sp³-hybridized carbons (Fsp3) is 0.600. The van der Waals surface area contributed by atoms with Gasteiger partial charge in [-0.25, -0.2) is 9.50 Å². The van der Waals surface area contributed by atoms with Crippen molar-refractivity contribution in [1.82, 2.24) is 24.9 Å². The first-order valence-electron chi connectivity index (χ1n) is 7.74. The topological polar surface area (TPSA) is 98.2 Å². The van der Waals surface area contributed by atoms with E-state index in [1.165, 1.54) is 19.2 Å². The van der Waals surface area contributed by atoms with Gasteiger partial charge in [-0.1, -0.05) is 0 Å². The summed E-state index contributed by atoms with van der Waals surface area (Å²) in [5.74, 6) is 1.23. The highest BCUT2D eigenvalue weighted by Gasteiger charge is 2.28. The maximum absolute atomic E-state index is 12.0. The average molecular weight is 339 g/mol. The Morgan fingerprint density at radius 1 is 1.48 bits per heavy atom. The summed E-state index contributed by atoms with van der Waals surface area (Å²) >= 11 is 0. The van der Waals surface area contributed by atoms with Gasteiger partial charge in [0.05, 0.1) is 0 Å². The average Bonchev–Trinajstić information content (AvgIpc) is 3.23. The fourth-order valence-electron chi connectivity index (χ4n) is 2.77. The van der Waals surface area contributed by atoms with E-state index < -0.39 is 0 Å². The molecule has 1 unspecified atom stereocenters. The lowest BCUT2D eigenvalue weighted by Gasteiger charge is -2.13. The van der Waals surface area contributed by atoms with Crippen LogP contribution >= 0.6 is 12.4 Å². The Morgan fingerprint density at radius 3 is 2.91 bits per heavy atom. The van der Waals surface area contributed by atoms with Gasteiger partial charge in [-0.2, -0.15) is 10.1 Å². The van der Waals surface area contributed by atoms with E-state index in [0.717, 1.165) is 17.0 Å². The Bertz CT molecular complexity index is 697. The molecular weight excluding hydrogens is 316 g/mol. The maximum atomic E-state index is 12.0. The van der Waals surface area contributed by atoms with E-state index in [0.29, 0.717) is 31.1 Å². The van der Waals surface area contributed by atoms with Gasteiger partial charge in [0, 0.05) is 30.4 Å². The van der Waals surface area contributed by atoms with E-state index in [9.17, 15) is 4.79 Å². The van der Waals surface area contributed by atoms with Gasteiger partial charge in [0.1, 0.15) is 6.33 Å². The Labute approximate surface area is 141 Å². The van der Waals surface area contributed by atoms with Crippen molar-refractivity contribution in [2.75, 3.05) is 6.54 Å². The molecule has 1 aliphatic rings. The number of nitrogens with two attached hydrogens (primary N) is 1. The quantitative estimate of drug-likeness (QED) is 0.817.